The van der Waals surface area contributed by atoms with E-state index >= 15 is 0 Å². The number of hydrogen-bond donors (Lipinski definition) is 0. The molecule has 0 atom stereocenters. The van der Waals surface area contributed by atoms with E-state index in [-0.39, 0.29) is 0 Å². The fourth-order valence-corrected chi connectivity index (χ4v) is 8.78. The molecule has 4 aromatic heterocycles. The predicted molar refractivity (Wildman–Crippen MR) is 238 cm³/mol. The summed E-state index contributed by atoms with van der Waals surface area (Å²) in [6, 6.07) is 67.6. The van der Waals surface area contributed by atoms with Crippen LogP contribution in [-0.2, 0) is 0 Å². The van der Waals surface area contributed by atoms with Crippen LogP contribution in [0.1, 0.15) is 0 Å². The molecule has 0 fully saturated rings. The van der Waals surface area contributed by atoms with E-state index in [9.17, 15) is 0 Å². The van der Waals surface area contributed by atoms with Crippen LogP contribution in [-0.4, -0.2) is 19.5 Å². The molecule has 0 aliphatic rings. The number of furan rings is 1. The number of rotatable bonds is 5. The highest BCUT2D eigenvalue weighted by Gasteiger charge is 2.21. The molecule has 270 valence electrons. The quantitative estimate of drug-likeness (QED) is 0.165. The van der Waals surface area contributed by atoms with Gasteiger partial charge < -0.3 is 8.98 Å². The summed E-state index contributed by atoms with van der Waals surface area (Å²) < 4.78 is 9.22. The number of pyridine rings is 1. The molecule has 0 aliphatic heterocycles. The number of nitrogens with zero attached hydrogens (tertiary/aromatic N) is 4. The Hall–Kier alpha value is -7.89. The first-order valence-corrected chi connectivity index (χ1v) is 19.5. The largest absolute Gasteiger partial charge is 0.455 e. The Bertz CT molecular complexity index is 3550. The van der Waals surface area contributed by atoms with Gasteiger partial charge in [-0.15, -0.1) is 0 Å². The molecule has 0 spiro atoms. The van der Waals surface area contributed by atoms with Gasteiger partial charge in [0.2, 0.25) is 0 Å². The summed E-state index contributed by atoms with van der Waals surface area (Å²) in [5, 5.41) is 7.73. The van der Waals surface area contributed by atoms with Crippen LogP contribution >= 0.6 is 0 Å². The molecule has 4 heterocycles. The van der Waals surface area contributed by atoms with Crippen LogP contribution in [0.15, 0.2) is 199 Å². The molecule has 0 N–H and O–H groups in total. The Morgan fingerprint density at radius 2 is 1.05 bits per heavy atom. The topological polar surface area (TPSA) is 56.7 Å². The van der Waals surface area contributed by atoms with Crippen molar-refractivity contribution in [3.63, 3.8) is 0 Å². The van der Waals surface area contributed by atoms with E-state index in [0.717, 1.165) is 99.7 Å². The average molecular weight is 741 g/mol. The molecule has 0 saturated heterocycles. The molecule has 5 heteroatoms. The van der Waals surface area contributed by atoms with E-state index in [1.165, 1.54) is 10.8 Å². The Morgan fingerprint density at radius 3 is 1.86 bits per heavy atom. The second kappa shape index (κ2) is 12.8. The summed E-state index contributed by atoms with van der Waals surface area (Å²) in [5.41, 5.74) is 12.5. The first kappa shape index (κ1) is 32.4. The van der Waals surface area contributed by atoms with E-state index in [1.54, 1.807) is 0 Å². The van der Waals surface area contributed by atoms with Crippen LogP contribution in [0.5, 0.6) is 0 Å². The molecule has 12 aromatic rings. The third-order valence-electron chi connectivity index (χ3n) is 11.4. The summed E-state index contributed by atoms with van der Waals surface area (Å²) in [7, 11) is 0. The highest BCUT2D eigenvalue weighted by molar-refractivity contribution is 6.29. The molecule has 0 amide bonds. The van der Waals surface area contributed by atoms with Crippen molar-refractivity contribution in [2.75, 3.05) is 0 Å². The van der Waals surface area contributed by atoms with Crippen molar-refractivity contribution in [3.05, 3.63) is 194 Å². The lowest BCUT2D eigenvalue weighted by Gasteiger charge is -2.11. The molecule has 0 bridgehead atoms. The third kappa shape index (κ3) is 5.00. The fourth-order valence-electron chi connectivity index (χ4n) is 8.78. The highest BCUT2D eigenvalue weighted by Crippen LogP contribution is 2.44. The van der Waals surface area contributed by atoms with Gasteiger partial charge in [-0.2, -0.15) is 0 Å². The van der Waals surface area contributed by atoms with Gasteiger partial charge in [-0.3, -0.25) is 0 Å². The van der Waals surface area contributed by atoms with Crippen LogP contribution in [0.25, 0.3) is 116 Å². The van der Waals surface area contributed by atoms with Crippen molar-refractivity contribution in [3.8, 4) is 50.8 Å². The molecule has 58 heavy (non-hydrogen) atoms. The zero-order valence-electron chi connectivity index (χ0n) is 31.2. The second-order valence-corrected chi connectivity index (χ2v) is 14.7. The van der Waals surface area contributed by atoms with Gasteiger partial charge in [0.15, 0.2) is 5.82 Å². The van der Waals surface area contributed by atoms with E-state index in [1.807, 2.05) is 12.1 Å². The lowest BCUT2D eigenvalue weighted by atomic mass is 9.96. The maximum atomic E-state index is 6.88. The molecule has 0 saturated carbocycles. The first-order valence-electron chi connectivity index (χ1n) is 19.5. The number of fused-ring (bicyclic) bond motifs is 10. The Morgan fingerprint density at radius 1 is 0.397 bits per heavy atom. The predicted octanol–water partition coefficient (Wildman–Crippen LogP) is 13.8. The lowest BCUT2D eigenvalue weighted by Crippen LogP contribution is -1.96. The van der Waals surface area contributed by atoms with Crippen molar-refractivity contribution < 1.29 is 4.42 Å². The number of benzene rings is 8. The minimum Gasteiger partial charge on any atom is -0.455 e. The molecule has 5 nitrogen and oxygen atoms in total. The van der Waals surface area contributed by atoms with Crippen molar-refractivity contribution in [1.29, 1.82) is 0 Å². The molecule has 8 aromatic carbocycles. The number of aromatic nitrogens is 4. The molecular formula is C53H32N4O. The average Bonchev–Trinajstić information content (AvgIpc) is 3.85. The minimum absolute atomic E-state index is 0.605. The highest BCUT2D eigenvalue weighted by atomic mass is 16.3. The molecular weight excluding hydrogens is 709 g/mol. The summed E-state index contributed by atoms with van der Waals surface area (Å²) in [5.74, 6) is 0.605. The smallest absolute Gasteiger partial charge is 0.164 e. The second-order valence-electron chi connectivity index (χ2n) is 14.7. The Labute approximate surface area is 333 Å². The van der Waals surface area contributed by atoms with Crippen LogP contribution in [0.2, 0.25) is 0 Å². The molecule has 12 rings (SSSR count). The van der Waals surface area contributed by atoms with Gasteiger partial charge in [-0.1, -0.05) is 133 Å². The standard InChI is InChI=1S/C53H32N4O/c1-4-15-33(16-5-1)44-32-45(35-27-29-47-42(31-35)37-21-11-13-26-46(37)57(47)36-19-8-3-9-20-36)56-53(55-44)41-24-14-23-40-50-48(58-52(40)41)30-28-39-49(50)38-22-10-12-25-43(38)54-51(39)34-17-6-2-7-18-34/h1-32H. The monoisotopic (exact) mass is 740 g/mol. The van der Waals surface area contributed by atoms with Gasteiger partial charge in [0.1, 0.15) is 11.2 Å². The SMILES string of the molecule is c1ccc(-c2cc(-c3ccc4c(c3)c3ccccc3n4-c3ccccc3)nc(-c3cccc4c3oc3ccc5c(-c6ccccc6)nc6ccccc6c5c34)n2)cc1. The van der Waals surface area contributed by atoms with E-state index in [4.69, 9.17) is 19.4 Å². The van der Waals surface area contributed by atoms with Gasteiger partial charge in [-0.25, -0.2) is 15.0 Å². The fraction of sp³-hybridized carbons (Fsp3) is 0. The third-order valence-corrected chi connectivity index (χ3v) is 11.4. The van der Waals surface area contributed by atoms with Gasteiger partial charge in [0.05, 0.1) is 39.2 Å². The summed E-state index contributed by atoms with van der Waals surface area (Å²) in [4.78, 5) is 15.8. The summed E-state index contributed by atoms with van der Waals surface area (Å²) in [6.45, 7) is 0. The van der Waals surface area contributed by atoms with Crippen molar-refractivity contribution in [2.45, 2.75) is 0 Å². The van der Waals surface area contributed by atoms with Gasteiger partial charge in [-0.05, 0) is 60.7 Å². The summed E-state index contributed by atoms with van der Waals surface area (Å²) >= 11 is 0. The lowest BCUT2D eigenvalue weighted by molar-refractivity contribution is 0.670. The van der Waals surface area contributed by atoms with Crippen molar-refractivity contribution >= 4 is 65.4 Å². The van der Waals surface area contributed by atoms with Crippen LogP contribution < -0.4 is 0 Å². The van der Waals surface area contributed by atoms with E-state index in [2.05, 4.69) is 187 Å². The van der Waals surface area contributed by atoms with Crippen LogP contribution in [0.3, 0.4) is 0 Å². The molecule has 0 unspecified atom stereocenters. The first-order chi connectivity index (χ1) is 28.8. The van der Waals surface area contributed by atoms with Gasteiger partial charge >= 0.3 is 0 Å². The normalized spacial score (nSPS) is 11.8. The van der Waals surface area contributed by atoms with Gasteiger partial charge in [0, 0.05) is 60.1 Å². The Kier molecular flexibility index (Phi) is 7.16. The van der Waals surface area contributed by atoms with Crippen LogP contribution in [0.4, 0.5) is 0 Å². The van der Waals surface area contributed by atoms with Crippen molar-refractivity contribution in [1.82, 2.24) is 19.5 Å². The van der Waals surface area contributed by atoms with E-state index in [0.29, 0.717) is 5.82 Å². The van der Waals surface area contributed by atoms with Crippen LogP contribution in [0, 0.1) is 0 Å². The van der Waals surface area contributed by atoms with Crippen molar-refractivity contribution in [2.24, 2.45) is 0 Å². The maximum absolute atomic E-state index is 6.88. The number of hydrogen-bond acceptors (Lipinski definition) is 4. The molecule has 0 radical (unpaired) electrons. The molecule has 0 aliphatic carbocycles. The minimum atomic E-state index is 0.605. The van der Waals surface area contributed by atoms with E-state index < -0.39 is 0 Å². The van der Waals surface area contributed by atoms with Gasteiger partial charge in [0.25, 0.3) is 0 Å². The summed E-state index contributed by atoms with van der Waals surface area (Å²) in [6.07, 6.45) is 0. The Balaban J connectivity index is 1.10. The number of para-hydroxylation sites is 4. The maximum Gasteiger partial charge on any atom is 0.164 e. The zero-order chi connectivity index (χ0) is 38.2. The zero-order valence-corrected chi connectivity index (χ0v) is 31.2.